The lowest BCUT2D eigenvalue weighted by atomic mass is 10.1. The number of aliphatic hydroxyl groups excluding tert-OH is 1. The Balaban J connectivity index is 1.68. The molecule has 0 unspecified atom stereocenters. The lowest BCUT2D eigenvalue weighted by Gasteiger charge is -2.03. The lowest BCUT2D eigenvalue weighted by molar-refractivity contribution is -0.135. The van der Waals surface area contributed by atoms with Crippen LogP contribution in [0.2, 0.25) is 0 Å². The number of benzene rings is 1. The van der Waals surface area contributed by atoms with Crippen LogP contribution in [0.1, 0.15) is 16.8 Å². The van der Waals surface area contributed by atoms with Gasteiger partial charge in [0.25, 0.3) is 0 Å². The van der Waals surface area contributed by atoms with E-state index in [0.717, 1.165) is 40.3 Å². The van der Waals surface area contributed by atoms with Gasteiger partial charge in [-0.3, -0.25) is 9.78 Å². The molecular weight excluding hydrogens is 328 g/mol. The van der Waals surface area contributed by atoms with Crippen LogP contribution in [-0.4, -0.2) is 26.2 Å². The number of aliphatic carboxylic acids is 1. The van der Waals surface area contributed by atoms with Crippen molar-refractivity contribution >= 4 is 33.6 Å². The fourth-order valence-electron chi connectivity index (χ4n) is 2.30. The number of carbonyl (C=O) groups is 1. The van der Waals surface area contributed by atoms with E-state index >= 15 is 0 Å². The van der Waals surface area contributed by atoms with Crippen molar-refractivity contribution in [1.82, 2.24) is 9.97 Å². The van der Waals surface area contributed by atoms with Gasteiger partial charge in [0, 0.05) is 12.3 Å². The lowest BCUT2D eigenvalue weighted by Crippen LogP contribution is -1.99. The van der Waals surface area contributed by atoms with E-state index in [9.17, 15) is 14.7 Å². The maximum absolute atomic E-state index is 11.3. The molecule has 0 saturated heterocycles. The van der Waals surface area contributed by atoms with E-state index in [1.165, 1.54) is 11.3 Å². The first-order valence-electron chi connectivity index (χ1n) is 7.22. The SMILES string of the molecule is O=C(O)/C(O)=C/c1ccc(CCc2ccc3[nH]c(=O)sc3c2)cn1. The van der Waals surface area contributed by atoms with Crippen LogP contribution in [-0.2, 0) is 17.6 Å². The van der Waals surface area contributed by atoms with Crippen molar-refractivity contribution in [3.63, 3.8) is 0 Å². The van der Waals surface area contributed by atoms with Crippen molar-refractivity contribution in [3.8, 4) is 0 Å². The van der Waals surface area contributed by atoms with Crippen molar-refractivity contribution < 1.29 is 15.0 Å². The van der Waals surface area contributed by atoms with Gasteiger partial charge < -0.3 is 15.2 Å². The van der Waals surface area contributed by atoms with Gasteiger partial charge in [-0.15, -0.1) is 0 Å². The molecule has 3 rings (SSSR count). The molecule has 0 radical (unpaired) electrons. The van der Waals surface area contributed by atoms with Gasteiger partial charge in [-0.05, 0) is 42.2 Å². The first kappa shape index (κ1) is 15.9. The van der Waals surface area contributed by atoms with Crippen molar-refractivity contribution in [3.05, 3.63) is 68.8 Å². The number of pyridine rings is 1. The van der Waals surface area contributed by atoms with Gasteiger partial charge in [-0.25, -0.2) is 4.79 Å². The fourth-order valence-corrected chi connectivity index (χ4v) is 3.11. The molecule has 3 aromatic rings. The molecule has 122 valence electrons. The standard InChI is InChI=1S/C17H14N2O4S/c20-14(16(21)22)8-12-5-3-11(9-18-12)2-1-10-4-6-13-15(7-10)24-17(23)19-13/h3-9,20H,1-2H2,(H,19,23)(H,21,22)/b14-8-. The van der Waals surface area contributed by atoms with Crippen LogP contribution in [0.15, 0.2) is 47.1 Å². The van der Waals surface area contributed by atoms with Gasteiger partial charge in [-0.1, -0.05) is 23.5 Å². The van der Waals surface area contributed by atoms with Crippen LogP contribution in [0.4, 0.5) is 0 Å². The number of nitrogens with one attached hydrogen (secondary N) is 1. The van der Waals surface area contributed by atoms with E-state index in [1.807, 2.05) is 24.3 Å². The monoisotopic (exact) mass is 342 g/mol. The second-order valence-electron chi connectivity index (χ2n) is 5.27. The number of thiazole rings is 1. The molecular formula is C17H14N2O4S. The number of rotatable bonds is 5. The molecule has 7 heteroatoms. The maximum atomic E-state index is 11.3. The Morgan fingerprint density at radius 1 is 1.17 bits per heavy atom. The summed E-state index contributed by atoms with van der Waals surface area (Å²) in [6.45, 7) is 0. The Hall–Kier alpha value is -2.93. The summed E-state index contributed by atoms with van der Waals surface area (Å²) in [5.41, 5.74) is 3.37. The summed E-state index contributed by atoms with van der Waals surface area (Å²) >= 11 is 1.20. The number of hydrogen-bond acceptors (Lipinski definition) is 5. The third-order valence-corrected chi connectivity index (χ3v) is 4.38. The summed E-state index contributed by atoms with van der Waals surface area (Å²) in [7, 11) is 0. The Morgan fingerprint density at radius 2 is 1.92 bits per heavy atom. The van der Waals surface area contributed by atoms with E-state index < -0.39 is 11.7 Å². The fraction of sp³-hybridized carbons (Fsp3) is 0.118. The number of carboxylic acid groups (broad SMARTS) is 1. The van der Waals surface area contributed by atoms with Crippen molar-refractivity contribution in [2.24, 2.45) is 0 Å². The molecule has 0 atom stereocenters. The molecule has 0 bridgehead atoms. The summed E-state index contributed by atoms with van der Waals surface area (Å²) in [6, 6.07) is 9.41. The smallest absolute Gasteiger partial charge is 0.371 e. The Morgan fingerprint density at radius 3 is 2.62 bits per heavy atom. The third-order valence-electron chi connectivity index (χ3n) is 3.54. The average molecular weight is 342 g/mol. The Labute approximate surface area is 140 Å². The van der Waals surface area contributed by atoms with Crippen molar-refractivity contribution in [2.75, 3.05) is 0 Å². The highest BCUT2D eigenvalue weighted by Crippen LogP contribution is 2.17. The largest absolute Gasteiger partial charge is 0.502 e. The van der Waals surface area contributed by atoms with Crippen LogP contribution in [0, 0.1) is 0 Å². The molecule has 0 amide bonds. The molecule has 6 nitrogen and oxygen atoms in total. The zero-order valence-electron chi connectivity index (χ0n) is 12.5. The van der Waals surface area contributed by atoms with Crippen molar-refractivity contribution in [2.45, 2.75) is 12.8 Å². The predicted octanol–water partition coefficient (Wildman–Crippen LogP) is 2.75. The molecule has 0 aliphatic rings. The molecule has 0 aliphatic heterocycles. The zero-order valence-corrected chi connectivity index (χ0v) is 13.3. The van der Waals surface area contributed by atoms with Gasteiger partial charge in [0.05, 0.1) is 15.9 Å². The number of aromatic amines is 1. The summed E-state index contributed by atoms with van der Waals surface area (Å²) in [5, 5.41) is 17.8. The van der Waals surface area contributed by atoms with Gasteiger partial charge in [-0.2, -0.15) is 0 Å². The maximum Gasteiger partial charge on any atom is 0.371 e. The Bertz CT molecular complexity index is 970. The van der Waals surface area contributed by atoms with Crippen LogP contribution in [0.25, 0.3) is 16.3 Å². The van der Waals surface area contributed by atoms with E-state index in [4.69, 9.17) is 5.11 Å². The topological polar surface area (TPSA) is 103 Å². The van der Waals surface area contributed by atoms with Crippen LogP contribution in [0.3, 0.4) is 0 Å². The minimum absolute atomic E-state index is 0.0559. The average Bonchev–Trinajstić information content (AvgIpc) is 2.93. The highest BCUT2D eigenvalue weighted by Gasteiger charge is 2.05. The first-order valence-corrected chi connectivity index (χ1v) is 8.03. The minimum atomic E-state index is -1.39. The molecule has 2 aromatic heterocycles. The molecule has 3 N–H and O–H groups in total. The summed E-state index contributed by atoms with van der Waals surface area (Å²) in [4.78, 5) is 28.7. The normalized spacial score (nSPS) is 11.8. The quantitative estimate of drug-likeness (QED) is 0.489. The van der Waals surface area contributed by atoms with E-state index in [1.54, 1.807) is 12.3 Å². The highest BCUT2D eigenvalue weighted by molar-refractivity contribution is 7.16. The molecule has 1 aromatic carbocycles. The van der Waals surface area contributed by atoms with E-state index in [2.05, 4.69) is 9.97 Å². The van der Waals surface area contributed by atoms with E-state index in [-0.39, 0.29) is 4.87 Å². The van der Waals surface area contributed by atoms with Crippen molar-refractivity contribution in [1.29, 1.82) is 0 Å². The van der Waals surface area contributed by atoms with Gasteiger partial charge >= 0.3 is 10.8 Å². The Kier molecular flexibility index (Phi) is 4.43. The summed E-state index contributed by atoms with van der Waals surface area (Å²) in [6.07, 6.45) is 4.34. The summed E-state index contributed by atoms with van der Waals surface area (Å²) < 4.78 is 0.945. The van der Waals surface area contributed by atoms with Crippen LogP contribution < -0.4 is 4.87 Å². The number of aromatic nitrogens is 2. The molecule has 0 saturated carbocycles. The number of nitrogens with zero attached hydrogens (tertiary/aromatic N) is 1. The molecule has 0 fully saturated rings. The molecule has 2 heterocycles. The first-order chi connectivity index (χ1) is 11.5. The van der Waals surface area contributed by atoms with Gasteiger partial charge in [0.15, 0.2) is 0 Å². The number of aliphatic hydroxyl groups is 1. The number of carboxylic acids is 1. The third kappa shape index (κ3) is 3.69. The van der Waals surface area contributed by atoms with Gasteiger partial charge in [0.1, 0.15) is 0 Å². The number of hydrogen-bond donors (Lipinski definition) is 3. The van der Waals surface area contributed by atoms with Gasteiger partial charge in [0.2, 0.25) is 5.76 Å². The number of fused-ring (bicyclic) bond motifs is 1. The second kappa shape index (κ2) is 6.67. The number of aryl methyl sites for hydroxylation is 2. The zero-order chi connectivity index (χ0) is 17.1. The van der Waals surface area contributed by atoms with Crippen LogP contribution >= 0.6 is 11.3 Å². The summed E-state index contributed by atoms with van der Waals surface area (Å²) in [5.74, 6) is -2.13. The molecule has 0 aliphatic carbocycles. The highest BCUT2D eigenvalue weighted by atomic mass is 32.1. The number of H-pyrrole nitrogens is 1. The molecule has 0 spiro atoms. The van der Waals surface area contributed by atoms with E-state index in [0.29, 0.717) is 5.69 Å². The molecule has 24 heavy (non-hydrogen) atoms. The predicted molar refractivity (Wildman–Crippen MR) is 92.3 cm³/mol. The minimum Gasteiger partial charge on any atom is -0.502 e. The second-order valence-corrected chi connectivity index (χ2v) is 6.29. The van der Waals surface area contributed by atoms with Crippen LogP contribution in [0.5, 0.6) is 0 Å².